The Morgan fingerprint density at radius 2 is 1.69 bits per heavy atom. The molecular formula is C12H19BO2Si. The molecule has 0 aromatic heterocycles. The zero-order valence-corrected chi connectivity index (χ0v) is 11.3. The maximum Gasteiger partial charge on any atom is 0.493 e. The second-order valence-electron chi connectivity index (χ2n) is 5.26. The van der Waals surface area contributed by atoms with Crippen LogP contribution in [0.5, 0.6) is 0 Å². The molecule has 2 rings (SSSR count). The number of hydrogen-bond acceptors (Lipinski definition) is 2. The Labute approximate surface area is 99.1 Å². The van der Waals surface area contributed by atoms with E-state index in [0.29, 0.717) is 0 Å². The molecule has 2 nitrogen and oxygen atoms in total. The number of benzene rings is 1. The molecule has 0 radical (unpaired) electrons. The lowest BCUT2D eigenvalue weighted by Gasteiger charge is -2.26. The van der Waals surface area contributed by atoms with Crippen molar-refractivity contribution in [2.24, 2.45) is 0 Å². The summed E-state index contributed by atoms with van der Waals surface area (Å²) in [5.74, 6) is 0. The van der Waals surface area contributed by atoms with Crippen molar-refractivity contribution in [3.05, 3.63) is 24.3 Å². The van der Waals surface area contributed by atoms with Gasteiger partial charge < -0.3 is 9.31 Å². The van der Waals surface area contributed by atoms with Gasteiger partial charge in [0.15, 0.2) is 0 Å². The fourth-order valence-corrected chi connectivity index (χ4v) is 3.72. The normalized spacial score (nSPS) is 17.6. The van der Waals surface area contributed by atoms with Crippen molar-refractivity contribution in [2.75, 3.05) is 13.2 Å². The van der Waals surface area contributed by atoms with Gasteiger partial charge in [-0.2, -0.15) is 0 Å². The third kappa shape index (κ3) is 2.56. The summed E-state index contributed by atoms with van der Waals surface area (Å²) < 4.78 is 11.4. The Balaban J connectivity index is 2.32. The summed E-state index contributed by atoms with van der Waals surface area (Å²) >= 11 is 0. The van der Waals surface area contributed by atoms with Crippen LogP contribution in [-0.2, 0) is 9.31 Å². The Morgan fingerprint density at radius 1 is 1.06 bits per heavy atom. The van der Waals surface area contributed by atoms with Crippen LogP contribution >= 0.6 is 0 Å². The van der Waals surface area contributed by atoms with Crippen LogP contribution in [0.15, 0.2) is 24.3 Å². The van der Waals surface area contributed by atoms with Gasteiger partial charge in [0, 0.05) is 13.2 Å². The lowest BCUT2D eigenvalue weighted by atomic mass is 9.78. The Hall–Kier alpha value is -0.578. The molecule has 1 aromatic carbocycles. The van der Waals surface area contributed by atoms with E-state index in [2.05, 4.69) is 43.9 Å². The van der Waals surface area contributed by atoms with E-state index < -0.39 is 8.07 Å². The quantitative estimate of drug-likeness (QED) is 0.719. The summed E-state index contributed by atoms with van der Waals surface area (Å²) in [6, 6.07) is 8.55. The highest BCUT2D eigenvalue weighted by molar-refractivity contribution is 6.92. The molecule has 86 valence electrons. The minimum absolute atomic E-state index is 0.142. The standard InChI is InChI=1S/C12H19BO2Si/c1-16(2,3)12-8-5-4-7-11(12)13-14-9-6-10-15-13/h4-5,7-8H,6,9-10H2,1-3H3. The second-order valence-corrected chi connectivity index (χ2v) is 10.3. The van der Waals surface area contributed by atoms with Gasteiger partial charge in [-0.05, 0) is 11.9 Å². The lowest BCUT2D eigenvalue weighted by molar-refractivity contribution is 0.143. The zero-order chi connectivity index (χ0) is 11.6. The Bertz CT molecular complexity index is 356. The fraction of sp³-hybridized carbons (Fsp3) is 0.500. The van der Waals surface area contributed by atoms with E-state index in [1.165, 1.54) is 10.6 Å². The first-order valence-corrected chi connectivity index (χ1v) is 9.41. The van der Waals surface area contributed by atoms with Crippen molar-refractivity contribution in [1.29, 1.82) is 0 Å². The van der Waals surface area contributed by atoms with Crippen LogP contribution in [0.4, 0.5) is 0 Å². The monoisotopic (exact) mass is 234 g/mol. The van der Waals surface area contributed by atoms with Gasteiger partial charge >= 0.3 is 7.12 Å². The highest BCUT2D eigenvalue weighted by Crippen LogP contribution is 2.05. The molecule has 1 aliphatic rings. The first-order valence-electron chi connectivity index (χ1n) is 5.91. The predicted molar refractivity (Wildman–Crippen MR) is 71.3 cm³/mol. The molecule has 1 aromatic rings. The average molecular weight is 234 g/mol. The van der Waals surface area contributed by atoms with Crippen molar-refractivity contribution in [3.8, 4) is 0 Å². The summed E-state index contributed by atoms with van der Waals surface area (Å²) in [5.41, 5.74) is 1.24. The maximum absolute atomic E-state index is 5.70. The van der Waals surface area contributed by atoms with Gasteiger partial charge in [-0.15, -0.1) is 0 Å². The lowest BCUT2D eigenvalue weighted by Crippen LogP contribution is -2.55. The highest BCUT2D eigenvalue weighted by Gasteiger charge is 2.30. The van der Waals surface area contributed by atoms with Crippen molar-refractivity contribution < 1.29 is 9.31 Å². The Kier molecular flexibility index (Phi) is 3.52. The molecule has 1 fully saturated rings. The first-order chi connectivity index (χ1) is 7.59. The highest BCUT2D eigenvalue weighted by atomic mass is 28.3. The van der Waals surface area contributed by atoms with E-state index in [4.69, 9.17) is 9.31 Å². The van der Waals surface area contributed by atoms with Crippen LogP contribution in [-0.4, -0.2) is 28.4 Å². The van der Waals surface area contributed by atoms with Crippen molar-refractivity contribution in [1.82, 2.24) is 0 Å². The first kappa shape index (κ1) is 11.9. The number of rotatable bonds is 2. The van der Waals surface area contributed by atoms with Crippen LogP contribution < -0.4 is 10.6 Å². The molecule has 0 aliphatic carbocycles. The van der Waals surface area contributed by atoms with Crippen LogP contribution in [0.3, 0.4) is 0 Å². The smallest absolute Gasteiger partial charge is 0.407 e. The van der Waals surface area contributed by atoms with E-state index in [1.54, 1.807) is 0 Å². The van der Waals surface area contributed by atoms with Crippen LogP contribution in [0.2, 0.25) is 19.6 Å². The predicted octanol–water partition coefficient (Wildman–Crippen LogP) is 1.36. The van der Waals surface area contributed by atoms with Crippen LogP contribution in [0.25, 0.3) is 0 Å². The molecule has 0 saturated carbocycles. The molecule has 0 amide bonds. The van der Waals surface area contributed by atoms with Gasteiger partial charge in [0.05, 0.1) is 8.07 Å². The van der Waals surface area contributed by atoms with E-state index in [-0.39, 0.29) is 7.12 Å². The van der Waals surface area contributed by atoms with E-state index in [9.17, 15) is 0 Å². The van der Waals surface area contributed by atoms with Crippen LogP contribution in [0.1, 0.15) is 6.42 Å². The summed E-state index contributed by atoms with van der Waals surface area (Å²) in [7, 11) is -1.46. The second kappa shape index (κ2) is 4.74. The third-order valence-electron chi connectivity index (χ3n) is 2.85. The molecule has 16 heavy (non-hydrogen) atoms. The molecule has 1 heterocycles. The minimum Gasteiger partial charge on any atom is -0.407 e. The summed E-state index contributed by atoms with van der Waals surface area (Å²) in [6.45, 7) is 8.69. The van der Waals surface area contributed by atoms with Crippen molar-refractivity contribution in [2.45, 2.75) is 26.1 Å². The number of hydrogen-bond donors (Lipinski definition) is 0. The van der Waals surface area contributed by atoms with Crippen molar-refractivity contribution >= 4 is 25.8 Å². The Morgan fingerprint density at radius 3 is 2.31 bits per heavy atom. The SMILES string of the molecule is C[Si](C)(C)c1ccccc1B1OCCCO1. The molecule has 4 heteroatoms. The van der Waals surface area contributed by atoms with Gasteiger partial charge in [-0.25, -0.2) is 0 Å². The molecular weight excluding hydrogens is 215 g/mol. The third-order valence-corrected chi connectivity index (χ3v) is 4.92. The van der Waals surface area contributed by atoms with E-state index >= 15 is 0 Å². The fourth-order valence-electron chi connectivity index (χ4n) is 2.05. The summed E-state index contributed by atoms with van der Waals surface area (Å²) in [6.07, 6.45) is 1.01. The van der Waals surface area contributed by atoms with Crippen LogP contribution in [0, 0.1) is 0 Å². The average Bonchev–Trinajstić information content (AvgIpc) is 2.29. The molecule has 0 spiro atoms. The van der Waals surface area contributed by atoms with E-state index in [0.717, 1.165) is 19.6 Å². The summed E-state index contributed by atoms with van der Waals surface area (Å²) in [5, 5.41) is 1.45. The summed E-state index contributed by atoms with van der Waals surface area (Å²) in [4.78, 5) is 0. The van der Waals surface area contributed by atoms with Gasteiger partial charge in [0.2, 0.25) is 0 Å². The van der Waals surface area contributed by atoms with Gasteiger partial charge in [-0.3, -0.25) is 0 Å². The topological polar surface area (TPSA) is 18.5 Å². The molecule has 0 atom stereocenters. The minimum atomic E-state index is -1.32. The van der Waals surface area contributed by atoms with Crippen molar-refractivity contribution in [3.63, 3.8) is 0 Å². The zero-order valence-electron chi connectivity index (χ0n) is 10.3. The maximum atomic E-state index is 5.70. The molecule has 0 bridgehead atoms. The largest absolute Gasteiger partial charge is 0.493 e. The van der Waals surface area contributed by atoms with Gasteiger partial charge in [0.1, 0.15) is 0 Å². The molecule has 1 aliphatic heterocycles. The molecule has 0 N–H and O–H groups in total. The van der Waals surface area contributed by atoms with Gasteiger partial charge in [-0.1, -0.05) is 49.1 Å². The van der Waals surface area contributed by atoms with E-state index in [1.807, 2.05) is 0 Å². The van der Waals surface area contributed by atoms with Gasteiger partial charge in [0.25, 0.3) is 0 Å². The molecule has 0 unspecified atom stereocenters. The molecule has 1 saturated heterocycles.